The van der Waals surface area contributed by atoms with Crippen molar-refractivity contribution in [2.24, 2.45) is 23.2 Å². The van der Waals surface area contributed by atoms with Crippen LogP contribution in [-0.4, -0.2) is 99.1 Å². The number of amides is 1. The summed E-state index contributed by atoms with van der Waals surface area (Å²) in [6, 6.07) is 0.00222. The van der Waals surface area contributed by atoms with Crippen molar-refractivity contribution in [2.75, 3.05) is 28.3 Å². The van der Waals surface area contributed by atoms with E-state index in [9.17, 15) is 19.2 Å². The van der Waals surface area contributed by atoms with Gasteiger partial charge in [-0.2, -0.15) is 0 Å². The lowest BCUT2D eigenvalue weighted by Gasteiger charge is -2.47. The zero-order valence-electron chi connectivity index (χ0n) is 28.3. The summed E-state index contributed by atoms with van der Waals surface area (Å²) in [5.41, 5.74) is -1.68. The summed E-state index contributed by atoms with van der Waals surface area (Å²) < 4.78 is 29.4. The highest BCUT2D eigenvalue weighted by Gasteiger charge is 2.48. The van der Waals surface area contributed by atoms with E-state index in [1.54, 1.807) is 47.8 Å². The fourth-order valence-electron chi connectivity index (χ4n) is 6.57. The summed E-state index contributed by atoms with van der Waals surface area (Å²) in [4.78, 5) is 55.5. The molecule has 0 saturated carbocycles. The fourth-order valence-corrected chi connectivity index (χ4v) is 6.57. The number of alkyl carbamates (subject to hydrolysis) is 1. The van der Waals surface area contributed by atoms with Gasteiger partial charge in [0.15, 0.2) is 17.9 Å². The zero-order valence-corrected chi connectivity index (χ0v) is 28.3. The first-order chi connectivity index (χ1) is 19.8. The van der Waals surface area contributed by atoms with E-state index in [1.807, 2.05) is 34.9 Å². The Morgan fingerprint density at radius 2 is 1.65 bits per heavy atom. The van der Waals surface area contributed by atoms with Crippen molar-refractivity contribution in [3.63, 3.8) is 0 Å². The van der Waals surface area contributed by atoms with Crippen LogP contribution in [0.4, 0.5) is 4.79 Å². The van der Waals surface area contributed by atoms with Crippen LogP contribution < -0.4 is 5.32 Å². The molecule has 2 rings (SSSR count). The molecule has 0 aromatic rings. The number of cyclic esters (lactones) is 1. The van der Waals surface area contributed by atoms with Gasteiger partial charge >= 0.3 is 12.1 Å². The Bertz CT molecular complexity index is 1060. The second-order valence-corrected chi connectivity index (χ2v) is 13.5. The molecule has 0 aromatic carbocycles. The molecule has 0 aliphatic carbocycles. The van der Waals surface area contributed by atoms with Gasteiger partial charge in [-0.15, -0.1) is 0 Å². The molecular weight excluding hydrogens is 556 g/mol. The number of nitrogens with one attached hydrogen (secondary N) is 1. The van der Waals surface area contributed by atoms with Gasteiger partial charge in [-0.3, -0.25) is 14.4 Å². The smallest absolute Gasteiger partial charge is 0.407 e. The molecule has 1 amide bonds. The van der Waals surface area contributed by atoms with E-state index in [4.69, 9.17) is 23.7 Å². The lowest BCUT2D eigenvalue weighted by atomic mass is 9.70. The molecule has 2 aliphatic heterocycles. The van der Waals surface area contributed by atoms with Gasteiger partial charge in [0, 0.05) is 25.0 Å². The van der Waals surface area contributed by atoms with Crippen LogP contribution in [0.25, 0.3) is 0 Å². The van der Waals surface area contributed by atoms with E-state index in [0.717, 1.165) is 6.42 Å². The molecule has 0 radical (unpaired) electrons. The minimum atomic E-state index is -1.46. The molecule has 2 aliphatic rings. The van der Waals surface area contributed by atoms with Crippen LogP contribution in [0.3, 0.4) is 0 Å². The van der Waals surface area contributed by atoms with Gasteiger partial charge in [0.2, 0.25) is 0 Å². The summed E-state index contributed by atoms with van der Waals surface area (Å²) in [5.74, 6) is -3.67. The minimum absolute atomic E-state index is 0.00222. The zero-order chi connectivity index (χ0) is 33.0. The molecule has 11 nitrogen and oxygen atoms in total. The molecule has 11 heteroatoms. The monoisotopic (exact) mass is 610 g/mol. The number of nitrogens with zero attached hydrogens (tertiary/aromatic N) is 1. The molecule has 1 saturated heterocycles. The summed E-state index contributed by atoms with van der Waals surface area (Å²) in [6.45, 7) is 15.9. The molecular formula is C32H54N2O9. The Morgan fingerprint density at radius 3 is 2.19 bits per heavy atom. The van der Waals surface area contributed by atoms with Crippen molar-refractivity contribution in [2.45, 2.75) is 117 Å². The minimum Gasteiger partial charge on any atom is -0.458 e. The van der Waals surface area contributed by atoms with Crippen LogP contribution >= 0.6 is 0 Å². The predicted molar refractivity (Wildman–Crippen MR) is 161 cm³/mol. The predicted octanol–water partition coefficient (Wildman–Crippen LogP) is 3.92. The summed E-state index contributed by atoms with van der Waals surface area (Å²) in [6.07, 6.45) is -1.03. The van der Waals surface area contributed by atoms with E-state index in [2.05, 4.69) is 10.2 Å². The number of carbonyl (C=O) groups excluding carboxylic acids is 4. The van der Waals surface area contributed by atoms with E-state index in [0.29, 0.717) is 12.0 Å². The van der Waals surface area contributed by atoms with Crippen molar-refractivity contribution in [3.8, 4) is 0 Å². The normalized spacial score (nSPS) is 39.3. The molecule has 10 atom stereocenters. The number of esters is 1. The Labute approximate surface area is 257 Å². The van der Waals surface area contributed by atoms with Crippen LogP contribution in [0.5, 0.6) is 0 Å². The van der Waals surface area contributed by atoms with Crippen molar-refractivity contribution in [3.05, 3.63) is 11.6 Å². The first kappa shape index (κ1) is 36.8. The second-order valence-electron chi connectivity index (χ2n) is 13.5. The van der Waals surface area contributed by atoms with Gasteiger partial charge in [-0.1, -0.05) is 27.7 Å². The molecule has 0 spiro atoms. The van der Waals surface area contributed by atoms with Gasteiger partial charge in [-0.25, -0.2) is 4.79 Å². The van der Waals surface area contributed by atoms with Gasteiger partial charge in [-0.05, 0) is 78.6 Å². The number of hydrogen-bond donors (Lipinski definition) is 1. The summed E-state index contributed by atoms with van der Waals surface area (Å²) in [5, 5.41) is 2.68. The van der Waals surface area contributed by atoms with Crippen LogP contribution in [0.2, 0.25) is 0 Å². The maximum atomic E-state index is 14.1. The maximum absolute atomic E-state index is 14.1. The number of ketones is 2. The molecule has 6 unspecified atom stereocenters. The number of rotatable bonds is 5. The van der Waals surface area contributed by atoms with E-state index in [-0.39, 0.29) is 23.7 Å². The van der Waals surface area contributed by atoms with Crippen molar-refractivity contribution >= 4 is 23.6 Å². The largest absolute Gasteiger partial charge is 0.458 e. The standard InChI is InChI=1S/C32H54N2O9/c1-17-16-32(9,33-30(38)40-13)26(36)18(2)15-31(7,8)27(20(4)24(35)21(5)28(37)42-22(17)6)43-29-25(39-12)23(34(10)11)14-19(3)41-29/h16,18-23,25,27,29H,14-15H2,1-13H3,(H,33,38)/b17-16+/t18?,19-,20+,21-,22-,23?,25?,27?,29?,32?/m1/s1. The Morgan fingerprint density at radius 1 is 1.05 bits per heavy atom. The maximum Gasteiger partial charge on any atom is 0.407 e. The summed E-state index contributed by atoms with van der Waals surface area (Å²) >= 11 is 0. The van der Waals surface area contributed by atoms with Crippen molar-refractivity contribution in [1.29, 1.82) is 0 Å². The average molecular weight is 611 g/mol. The van der Waals surface area contributed by atoms with Gasteiger partial charge in [0.25, 0.3) is 0 Å². The molecule has 1 fully saturated rings. The first-order valence-corrected chi connectivity index (χ1v) is 15.1. The lowest BCUT2D eigenvalue weighted by molar-refractivity contribution is -0.289. The molecule has 0 aromatic heterocycles. The number of carbonyl (C=O) groups is 4. The van der Waals surface area contributed by atoms with Crippen LogP contribution in [0.1, 0.15) is 75.2 Å². The van der Waals surface area contributed by atoms with Crippen LogP contribution in [-0.2, 0) is 38.1 Å². The third kappa shape index (κ3) is 8.65. The number of hydrogen-bond acceptors (Lipinski definition) is 10. The summed E-state index contributed by atoms with van der Waals surface area (Å²) in [7, 11) is 6.78. The van der Waals surface area contributed by atoms with E-state index in [1.165, 1.54) is 14.0 Å². The van der Waals surface area contributed by atoms with E-state index >= 15 is 0 Å². The fraction of sp³-hybridized carbons (Fsp3) is 0.812. The number of likely N-dealkylation sites (N-methyl/N-ethyl adjacent to an activating group) is 1. The number of methoxy groups -OCH3 is 2. The van der Waals surface area contributed by atoms with Gasteiger partial charge in [0.1, 0.15) is 23.7 Å². The number of Topliss-reactive ketones (excluding diaryl/α,β-unsaturated/α-hetero) is 2. The Hall–Kier alpha value is -2.34. The highest BCUT2D eigenvalue weighted by atomic mass is 16.7. The number of ether oxygens (including phenoxy) is 5. The van der Waals surface area contributed by atoms with Crippen molar-refractivity contribution in [1.82, 2.24) is 10.2 Å². The lowest BCUT2D eigenvalue weighted by Crippen LogP contribution is -2.58. The Kier molecular flexibility index (Phi) is 12.5. The molecule has 2 heterocycles. The van der Waals surface area contributed by atoms with Gasteiger partial charge in [0.05, 0.1) is 19.3 Å². The molecule has 43 heavy (non-hydrogen) atoms. The third-order valence-electron chi connectivity index (χ3n) is 9.05. The first-order valence-electron chi connectivity index (χ1n) is 15.1. The van der Waals surface area contributed by atoms with Gasteiger partial charge < -0.3 is 33.9 Å². The highest BCUT2D eigenvalue weighted by molar-refractivity contribution is 6.00. The molecule has 246 valence electrons. The third-order valence-corrected chi connectivity index (χ3v) is 9.05. The Balaban J connectivity index is 2.65. The van der Waals surface area contributed by atoms with Crippen LogP contribution in [0, 0.1) is 23.2 Å². The SMILES string of the molecule is COC(=O)NC1(C)/C=C(\C)[C@@H](C)OC(=O)[C@H](C)C(=O)[C@H](C)C(OC2O[C@H](C)CC(N(C)C)C2OC)C(C)(C)CC(C)C1=O. The second kappa shape index (κ2) is 14.6. The highest BCUT2D eigenvalue weighted by Crippen LogP contribution is 2.40. The van der Waals surface area contributed by atoms with E-state index < -0.39 is 65.4 Å². The van der Waals surface area contributed by atoms with Crippen LogP contribution in [0.15, 0.2) is 11.6 Å². The molecule has 1 N–H and O–H groups in total. The van der Waals surface area contributed by atoms with Crippen molar-refractivity contribution < 1.29 is 42.9 Å². The average Bonchev–Trinajstić information content (AvgIpc) is 2.92. The topological polar surface area (TPSA) is 130 Å². The molecule has 0 bridgehead atoms. The quantitative estimate of drug-likeness (QED) is 0.278.